The van der Waals surface area contributed by atoms with Crippen LogP contribution >= 0.6 is 0 Å². The standard InChI is InChI=1S/C18H29N/c1-14(2)18(17-11-5-4-6-12-17)13-19-15(3)16-9-7-8-10-16/h4-6,11-12,14-16,18-19H,7-10,13H2,1-3H3. The molecular weight excluding hydrogens is 230 g/mol. The number of hydrogen-bond acceptors (Lipinski definition) is 1. The lowest BCUT2D eigenvalue weighted by molar-refractivity contribution is 0.352. The minimum absolute atomic E-state index is 0.630. The molecule has 2 unspecified atom stereocenters. The summed E-state index contributed by atoms with van der Waals surface area (Å²) in [6, 6.07) is 11.6. The van der Waals surface area contributed by atoms with E-state index in [0.717, 1.165) is 12.5 Å². The van der Waals surface area contributed by atoms with E-state index < -0.39 is 0 Å². The average molecular weight is 259 g/mol. The molecule has 1 heteroatoms. The maximum atomic E-state index is 3.80. The Kier molecular flexibility index (Phi) is 5.45. The molecule has 1 aliphatic carbocycles. The second-order valence-electron chi connectivity index (χ2n) is 6.50. The van der Waals surface area contributed by atoms with Gasteiger partial charge in [0.25, 0.3) is 0 Å². The summed E-state index contributed by atoms with van der Waals surface area (Å²) in [5.41, 5.74) is 1.48. The van der Waals surface area contributed by atoms with E-state index >= 15 is 0 Å². The molecule has 0 amide bonds. The van der Waals surface area contributed by atoms with Gasteiger partial charge in [-0.1, -0.05) is 57.0 Å². The molecule has 2 rings (SSSR count). The van der Waals surface area contributed by atoms with Crippen LogP contribution < -0.4 is 5.32 Å². The van der Waals surface area contributed by atoms with Crippen molar-refractivity contribution in [1.29, 1.82) is 0 Å². The van der Waals surface area contributed by atoms with Crippen LogP contribution in [-0.4, -0.2) is 12.6 Å². The van der Waals surface area contributed by atoms with Gasteiger partial charge in [-0.25, -0.2) is 0 Å². The maximum absolute atomic E-state index is 3.80. The quantitative estimate of drug-likeness (QED) is 0.787. The van der Waals surface area contributed by atoms with Crippen LogP contribution in [0.25, 0.3) is 0 Å². The van der Waals surface area contributed by atoms with Gasteiger partial charge in [0.2, 0.25) is 0 Å². The summed E-state index contributed by atoms with van der Waals surface area (Å²) in [5.74, 6) is 2.22. The molecule has 0 aromatic heterocycles. The van der Waals surface area contributed by atoms with E-state index in [1.165, 1.54) is 31.2 Å². The Bertz CT molecular complexity index is 351. The molecule has 0 saturated heterocycles. The Labute approximate surface area is 118 Å². The lowest BCUT2D eigenvalue weighted by Crippen LogP contribution is -2.36. The van der Waals surface area contributed by atoms with Crippen LogP contribution in [0, 0.1) is 11.8 Å². The van der Waals surface area contributed by atoms with E-state index in [4.69, 9.17) is 0 Å². The zero-order valence-electron chi connectivity index (χ0n) is 12.7. The second-order valence-corrected chi connectivity index (χ2v) is 6.50. The van der Waals surface area contributed by atoms with E-state index in [1.54, 1.807) is 0 Å². The first kappa shape index (κ1) is 14.6. The van der Waals surface area contributed by atoms with Crippen LogP contribution in [0.4, 0.5) is 0 Å². The fourth-order valence-electron chi connectivity index (χ4n) is 3.38. The van der Waals surface area contributed by atoms with Crippen molar-refractivity contribution in [2.75, 3.05) is 6.54 Å². The van der Waals surface area contributed by atoms with Gasteiger partial charge in [0.1, 0.15) is 0 Å². The van der Waals surface area contributed by atoms with E-state index in [9.17, 15) is 0 Å². The average Bonchev–Trinajstić information content (AvgIpc) is 2.93. The number of nitrogens with one attached hydrogen (secondary N) is 1. The van der Waals surface area contributed by atoms with Crippen molar-refractivity contribution < 1.29 is 0 Å². The third-order valence-electron chi connectivity index (χ3n) is 4.80. The molecule has 0 aliphatic heterocycles. The van der Waals surface area contributed by atoms with E-state index in [1.807, 2.05) is 0 Å². The molecule has 1 aromatic rings. The van der Waals surface area contributed by atoms with Gasteiger partial charge in [-0.3, -0.25) is 0 Å². The highest BCUT2D eigenvalue weighted by atomic mass is 14.9. The summed E-state index contributed by atoms with van der Waals surface area (Å²) in [7, 11) is 0. The van der Waals surface area contributed by atoms with Crippen molar-refractivity contribution in [3.05, 3.63) is 35.9 Å². The summed E-state index contributed by atoms with van der Waals surface area (Å²) in [4.78, 5) is 0. The fraction of sp³-hybridized carbons (Fsp3) is 0.667. The lowest BCUT2D eigenvalue weighted by Gasteiger charge is -2.27. The molecular formula is C18H29N. The Hall–Kier alpha value is -0.820. The van der Waals surface area contributed by atoms with E-state index in [2.05, 4.69) is 56.4 Å². The number of benzene rings is 1. The summed E-state index contributed by atoms with van der Waals surface area (Å²) < 4.78 is 0. The predicted octanol–water partition coefficient (Wildman–Crippen LogP) is 4.59. The molecule has 1 fully saturated rings. The fourth-order valence-corrected chi connectivity index (χ4v) is 3.38. The molecule has 0 bridgehead atoms. The Morgan fingerprint density at radius 2 is 1.68 bits per heavy atom. The van der Waals surface area contributed by atoms with Crippen LogP contribution in [-0.2, 0) is 0 Å². The van der Waals surface area contributed by atoms with Crippen molar-refractivity contribution in [2.24, 2.45) is 11.8 Å². The zero-order chi connectivity index (χ0) is 13.7. The first-order valence-electron chi connectivity index (χ1n) is 7.97. The van der Waals surface area contributed by atoms with Crippen molar-refractivity contribution >= 4 is 0 Å². The SMILES string of the molecule is CC(C)C(CNC(C)C1CCCC1)c1ccccc1. The first-order chi connectivity index (χ1) is 9.18. The van der Waals surface area contributed by atoms with E-state index in [-0.39, 0.29) is 0 Å². The maximum Gasteiger partial charge on any atom is 0.00672 e. The van der Waals surface area contributed by atoms with Gasteiger partial charge in [-0.05, 0) is 43.1 Å². The topological polar surface area (TPSA) is 12.0 Å². The van der Waals surface area contributed by atoms with Crippen molar-refractivity contribution in [3.63, 3.8) is 0 Å². The van der Waals surface area contributed by atoms with Crippen molar-refractivity contribution in [1.82, 2.24) is 5.32 Å². The third-order valence-corrected chi connectivity index (χ3v) is 4.80. The van der Waals surface area contributed by atoms with Crippen LogP contribution in [0.3, 0.4) is 0 Å². The van der Waals surface area contributed by atoms with Crippen molar-refractivity contribution in [3.8, 4) is 0 Å². The van der Waals surface area contributed by atoms with Crippen LogP contribution in [0.15, 0.2) is 30.3 Å². The largest absolute Gasteiger partial charge is 0.313 e. The molecule has 106 valence electrons. The van der Waals surface area contributed by atoms with Gasteiger partial charge < -0.3 is 5.32 Å². The summed E-state index contributed by atoms with van der Waals surface area (Å²) in [6.45, 7) is 8.15. The van der Waals surface area contributed by atoms with Crippen LogP contribution in [0.2, 0.25) is 0 Å². The molecule has 0 spiro atoms. The van der Waals surface area contributed by atoms with Gasteiger partial charge in [0, 0.05) is 12.6 Å². The Balaban J connectivity index is 1.90. The molecule has 0 heterocycles. The molecule has 1 nitrogen and oxygen atoms in total. The van der Waals surface area contributed by atoms with Gasteiger partial charge in [-0.2, -0.15) is 0 Å². The molecule has 1 N–H and O–H groups in total. The van der Waals surface area contributed by atoms with Crippen molar-refractivity contribution in [2.45, 2.75) is 58.4 Å². The smallest absolute Gasteiger partial charge is 0.00672 e. The molecule has 2 atom stereocenters. The van der Waals surface area contributed by atoms with Gasteiger partial charge >= 0.3 is 0 Å². The highest BCUT2D eigenvalue weighted by molar-refractivity contribution is 5.20. The monoisotopic (exact) mass is 259 g/mol. The molecule has 19 heavy (non-hydrogen) atoms. The summed E-state index contributed by atoms with van der Waals surface area (Å²) >= 11 is 0. The predicted molar refractivity (Wildman–Crippen MR) is 83.4 cm³/mol. The highest BCUT2D eigenvalue weighted by Crippen LogP contribution is 2.29. The molecule has 1 aromatic carbocycles. The van der Waals surface area contributed by atoms with Crippen LogP contribution in [0.1, 0.15) is 57.9 Å². The number of hydrogen-bond donors (Lipinski definition) is 1. The van der Waals surface area contributed by atoms with Gasteiger partial charge in [0.15, 0.2) is 0 Å². The number of rotatable bonds is 6. The van der Waals surface area contributed by atoms with Gasteiger partial charge in [0.05, 0.1) is 0 Å². The highest BCUT2D eigenvalue weighted by Gasteiger charge is 2.23. The Morgan fingerprint density at radius 3 is 2.26 bits per heavy atom. The second kappa shape index (κ2) is 7.09. The minimum Gasteiger partial charge on any atom is -0.313 e. The Morgan fingerprint density at radius 1 is 1.05 bits per heavy atom. The zero-order valence-corrected chi connectivity index (χ0v) is 12.7. The molecule has 0 radical (unpaired) electrons. The summed E-state index contributed by atoms with van der Waals surface area (Å²) in [5, 5.41) is 3.80. The minimum atomic E-state index is 0.630. The lowest BCUT2D eigenvalue weighted by atomic mass is 9.87. The van der Waals surface area contributed by atoms with Gasteiger partial charge in [-0.15, -0.1) is 0 Å². The normalized spacial score (nSPS) is 19.8. The molecule has 1 saturated carbocycles. The van der Waals surface area contributed by atoms with E-state index in [0.29, 0.717) is 17.9 Å². The first-order valence-corrected chi connectivity index (χ1v) is 7.97. The molecule has 1 aliphatic rings. The third kappa shape index (κ3) is 4.07. The summed E-state index contributed by atoms with van der Waals surface area (Å²) in [6.07, 6.45) is 5.71. The van der Waals surface area contributed by atoms with Crippen LogP contribution in [0.5, 0.6) is 0 Å².